The number of nitrogens with one attached hydrogen (secondary N) is 1. The molecule has 9 heteroatoms. The molecule has 0 aromatic heterocycles. The van der Waals surface area contributed by atoms with Gasteiger partial charge in [0.05, 0.1) is 22.8 Å². The van der Waals surface area contributed by atoms with Crippen LogP contribution in [0.15, 0.2) is 77.8 Å². The van der Waals surface area contributed by atoms with Crippen LogP contribution in [-0.2, 0) is 14.8 Å². The fourth-order valence-electron chi connectivity index (χ4n) is 4.40. The van der Waals surface area contributed by atoms with Crippen molar-refractivity contribution in [1.82, 2.24) is 4.90 Å². The zero-order valence-corrected chi connectivity index (χ0v) is 22.7. The van der Waals surface area contributed by atoms with E-state index in [1.807, 2.05) is 56.3 Å². The molecule has 0 aliphatic carbocycles. The summed E-state index contributed by atoms with van der Waals surface area (Å²) in [7, 11) is 0.334. The topological polar surface area (TPSA) is 82.1 Å². The Morgan fingerprint density at radius 3 is 2.37 bits per heavy atom. The smallest absolute Gasteiger partial charge is 0.238 e. The molecule has 1 amide bonds. The van der Waals surface area contributed by atoms with E-state index in [0.717, 1.165) is 12.0 Å². The van der Waals surface area contributed by atoms with Crippen LogP contribution in [0.25, 0.3) is 0 Å². The van der Waals surface area contributed by atoms with Crippen molar-refractivity contribution in [1.29, 1.82) is 0 Å². The number of nitrogens with zero attached hydrogens (tertiary/aromatic N) is 3. The lowest BCUT2D eigenvalue weighted by molar-refractivity contribution is -0.115. The summed E-state index contributed by atoms with van der Waals surface area (Å²) in [6.07, 6.45) is 1.39. The van der Waals surface area contributed by atoms with Crippen LogP contribution in [0.1, 0.15) is 36.8 Å². The first-order valence-corrected chi connectivity index (χ1v) is 14.3. The molecule has 0 bridgehead atoms. The molecule has 38 heavy (non-hydrogen) atoms. The van der Waals surface area contributed by atoms with Gasteiger partial charge in [-0.25, -0.2) is 12.8 Å². The van der Waals surface area contributed by atoms with Crippen molar-refractivity contribution in [2.24, 2.45) is 4.99 Å². The summed E-state index contributed by atoms with van der Waals surface area (Å²) in [5.41, 5.74) is 3.54. The molecule has 200 valence electrons. The summed E-state index contributed by atoms with van der Waals surface area (Å²) in [5.74, 6) is -1.32. The van der Waals surface area contributed by atoms with Crippen LogP contribution in [0.2, 0.25) is 0 Å². The van der Waals surface area contributed by atoms with E-state index in [4.69, 9.17) is 4.99 Å². The minimum atomic E-state index is -3.48. The maximum atomic E-state index is 13.8. The Hall–Kier alpha value is -3.56. The molecule has 1 aliphatic rings. The molecule has 0 spiro atoms. The lowest BCUT2D eigenvalue weighted by Crippen LogP contribution is -2.38. The maximum absolute atomic E-state index is 13.8. The standard InChI is InChI=1S/C29H33FN4O3S/c1-4-5-19-38(36,37)34(18-17-33(2)3)24-14-12-23(13-15-24)31-28(21-9-7-6-8-10-21)27-25-16-11-22(30)20-26(25)32-29(27)35/h6-16,20,27H,4-5,17-19H2,1-3H3,(H,32,35). The second-order valence-electron chi connectivity index (χ2n) is 9.58. The Balaban J connectivity index is 1.72. The SMILES string of the molecule is CCCCS(=O)(=O)N(CCN(C)C)c1ccc(N=C(c2ccccc2)C2C(=O)Nc3cc(F)ccc32)cc1. The van der Waals surface area contributed by atoms with Crippen LogP contribution in [0.3, 0.4) is 0 Å². The number of carbonyl (C=O) groups is 1. The molecule has 0 fully saturated rings. The van der Waals surface area contributed by atoms with E-state index in [9.17, 15) is 17.6 Å². The number of benzene rings is 3. The predicted molar refractivity (Wildman–Crippen MR) is 151 cm³/mol. The molecule has 0 saturated heterocycles. The van der Waals surface area contributed by atoms with E-state index in [1.54, 1.807) is 30.3 Å². The minimum absolute atomic E-state index is 0.0891. The van der Waals surface area contributed by atoms with Crippen LogP contribution in [0.5, 0.6) is 0 Å². The number of sulfonamides is 1. The Kier molecular flexibility index (Phi) is 8.58. The predicted octanol–water partition coefficient (Wildman–Crippen LogP) is 5.18. The molecule has 0 radical (unpaired) electrons. The van der Waals surface area contributed by atoms with Gasteiger partial charge < -0.3 is 10.2 Å². The Morgan fingerprint density at radius 2 is 1.71 bits per heavy atom. The third-order valence-corrected chi connectivity index (χ3v) is 8.29. The van der Waals surface area contributed by atoms with Crippen LogP contribution < -0.4 is 9.62 Å². The van der Waals surface area contributed by atoms with Crippen LogP contribution in [0, 0.1) is 5.82 Å². The maximum Gasteiger partial charge on any atom is 0.238 e. The number of aliphatic imine (C=N–C) groups is 1. The number of fused-ring (bicyclic) bond motifs is 1. The fraction of sp³-hybridized carbons (Fsp3) is 0.310. The molecular weight excluding hydrogens is 503 g/mol. The van der Waals surface area contributed by atoms with Crippen LogP contribution in [-0.4, -0.2) is 57.9 Å². The molecule has 1 aliphatic heterocycles. The molecule has 1 atom stereocenters. The van der Waals surface area contributed by atoms with Crippen molar-refractivity contribution in [2.45, 2.75) is 25.7 Å². The van der Waals surface area contributed by atoms with E-state index < -0.39 is 21.8 Å². The quantitative estimate of drug-likeness (QED) is 0.343. The van der Waals surface area contributed by atoms with E-state index in [1.165, 1.54) is 16.4 Å². The highest BCUT2D eigenvalue weighted by Gasteiger charge is 2.35. The highest BCUT2D eigenvalue weighted by Crippen LogP contribution is 2.37. The number of anilines is 2. The number of likely N-dealkylation sites (N-methyl/N-ethyl adjacent to an activating group) is 1. The zero-order chi connectivity index (χ0) is 27.3. The first-order valence-electron chi connectivity index (χ1n) is 12.7. The summed E-state index contributed by atoms with van der Waals surface area (Å²) in [5, 5.41) is 2.77. The molecule has 3 aromatic rings. The van der Waals surface area contributed by atoms with Gasteiger partial charge >= 0.3 is 0 Å². The van der Waals surface area contributed by atoms with Crippen LogP contribution >= 0.6 is 0 Å². The summed E-state index contributed by atoms with van der Waals surface area (Å²) in [4.78, 5) is 19.8. The van der Waals surface area contributed by atoms with Gasteiger partial charge in [-0.15, -0.1) is 0 Å². The second-order valence-corrected chi connectivity index (χ2v) is 11.6. The zero-order valence-electron chi connectivity index (χ0n) is 21.9. The molecule has 7 nitrogen and oxygen atoms in total. The number of amides is 1. The number of unbranched alkanes of at least 4 members (excludes halogenated alkanes) is 1. The molecule has 1 N–H and O–H groups in total. The highest BCUT2D eigenvalue weighted by molar-refractivity contribution is 7.92. The molecular formula is C29H33FN4O3S. The molecule has 1 heterocycles. The van der Waals surface area contributed by atoms with Gasteiger partial charge in [-0.2, -0.15) is 0 Å². The molecule has 3 aromatic carbocycles. The average molecular weight is 537 g/mol. The van der Waals surface area contributed by atoms with Gasteiger partial charge in [0.2, 0.25) is 15.9 Å². The van der Waals surface area contributed by atoms with Gasteiger partial charge in [0.25, 0.3) is 0 Å². The number of hydrogen-bond donors (Lipinski definition) is 1. The second kappa shape index (κ2) is 11.9. The van der Waals surface area contributed by atoms with Crippen molar-refractivity contribution >= 4 is 38.7 Å². The molecule has 1 unspecified atom stereocenters. The third-order valence-electron chi connectivity index (χ3n) is 6.42. The minimum Gasteiger partial charge on any atom is -0.325 e. The van der Waals surface area contributed by atoms with Crippen molar-refractivity contribution in [2.75, 3.05) is 42.6 Å². The van der Waals surface area contributed by atoms with Crippen molar-refractivity contribution < 1.29 is 17.6 Å². The molecule has 4 rings (SSSR count). The monoisotopic (exact) mass is 536 g/mol. The van der Waals surface area contributed by atoms with Crippen molar-refractivity contribution in [3.05, 3.63) is 89.7 Å². The fourth-order valence-corrected chi connectivity index (χ4v) is 6.08. The van der Waals surface area contributed by atoms with Crippen LogP contribution in [0.4, 0.5) is 21.5 Å². The van der Waals surface area contributed by atoms with Gasteiger partial charge in [-0.3, -0.25) is 14.1 Å². The molecule has 0 saturated carbocycles. The summed E-state index contributed by atoms with van der Waals surface area (Å²) < 4.78 is 41.5. The summed E-state index contributed by atoms with van der Waals surface area (Å²) in [6.45, 7) is 2.89. The third kappa shape index (κ3) is 6.28. The Morgan fingerprint density at radius 1 is 1.00 bits per heavy atom. The van der Waals surface area contributed by atoms with E-state index in [0.29, 0.717) is 47.8 Å². The number of rotatable bonds is 11. The summed E-state index contributed by atoms with van der Waals surface area (Å²) >= 11 is 0. The van der Waals surface area contributed by atoms with Gasteiger partial charge in [0.15, 0.2) is 0 Å². The lowest BCUT2D eigenvalue weighted by atomic mass is 9.90. The van der Waals surface area contributed by atoms with Gasteiger partial charge in [-0.05, 0) is 68.0 Å². The Bertz CT molecular complexity index is 1410. The largest absolute Gasteiger partial charge is 0.325 e. The summed E-state index contributed by atoms with van der Waals surface area (Å²) in [6, 6.07) is 20.7. The first kappa shape index (κ1) is 27.5. The van der Waals surface area contributed by atoms with Gasteiger partial charge in [-0.1, -0.05) is 49.7 Å². The average Bonchev–Trinajstić information content (AvgIpc) is 3.21. The van der Waals surface area contributed by atoms with E-state index in [2.05, 4.69) is 5.32 Å². The van der Waals surface area contributed by atoms with Gasteiger partial charge in [0, 0.05) is 18.8 Å². The Labute approximate surface area is 224 Å². The number of carbonyl (C=O) groups excluding carboxylic acids is 1. The number of halogens is 1. The van der Waals surface area contributed by atoms with Crippen molar-refractivity contribution in [3.8, 4) is 0 Å². The van der Waals surface area contributed by atoms with E-state index in [-0.39, 0.29) is 11.7 Å². The van der Waals surface area contributed by atoms with Crippen molar-refractivity contribution in [3.63, 3.8) is 0 Å². The first-order chi connectivity index (χ1) is 18.2. The normalized spacial score (nSPS) is 15.4. The van der Waals surface area contributed by atoms with E-state index >= 15 is 0 Å². The highest BCUT2D eigenvalue weighted by atomic mass is 32.2. The number of hydrogen-bond acceptors (Lipinski definition) is 5. The van der Waals surface area contributed by atoms with Gasteiger partial charge in [0.1, 0.15) is 11.7 Å². The lowest BCUT2D eigenvalue weighted by Gasteiger charge is -2.26.